The van der Waals surface area contributed by atoms with E-state index in [-0.39, 0.29) is 24.3 Å². The number of amides is 2. The molecule has 1 fully saturated rings. The number of carbonyl (C=O) groups is 3. The highest BCUT2D eigenvalue weighted by molar-refractivity contribution is 5.84. The zero-order valence-corrected chi connectivity index (χ0v) is 11.5. The number of rotatable bonds is 6. The molecule has 0 aromatic rings. The van der Waals surface area contributed by atoms with Crippen molar-refractivity contribution in [3.63, 3.8) is 0 Å². The normalized spacial score (nSPS) is 18.7. The van der Waals surface area contributed by atoms with E-state index in [1.807, 2.05) is 13.8 Å². The first kappa shape index (κ1) is 15.5. The van der Waals surface area contributed by atoms with Crippen molar-refractivity contribution in [3.05, 3.63) is 0 Å². The van der Waals surface area contributed by atoms with Crippen molar-refractivity contribution in [1.29, 1.82) is 0 Å². The van der Waals surface area contributed by atoms with Gasteiger partial charge in [-0.1, -0.05) is 0 Å². The molecule has 0 saturated carbocycles. The third kappa shape index (κ3) is 4.89. The van der Waals surface area contributed by atoms with Crippen LogP contribution in [0.15, 0.2) is 0 Å². The van der Waals surface area contributed by atoms with Gasteiger partial charge in [-0.3, -0.25) is 9.59 Å². The molecule has 0 aliphatic carbocycles. The molecule has 1 aliphatic rings. The van der Waals surface area contributed by atoms with Crippen LogP contribution in [0.2, 0.25) is 0 Å². The lowest BCUT2D eigenvalue weighted by Crippen LogP contribution is -2.40. The quantitative estimate of drug-likeness (QED) is 0.746. The van der Waals surface area contributed by atoms with Crippen LogP contribution in [0.5, 0.6) is 0 Å². The molecular formula is C13H22N2O4. The summed E-state index contributed by atoms with van der Waals surface area (Å²) < 4.78 is 0. The summed E-state index contributed by atoms with van der Waals surface area (Å²) in [5.74, 6) is -1.18. The minimum atomic E-state index is -0.941. The van der Waals surface area contributed by atoms with E-state index < -0.39 is 12.0 Å². The third-order valence-corrected chi connectivity index (χ3v) is 3.10. The fourth-order valence-electron chi connectivity index (χ4n) is 2.26. The van der Waals surface area contributed by atoms with Crippen LogP contribution < -0.4 is 5.32 Å². The molecule has 1 saturated heterocycles. The molecule has 1 heterocycles. The van der Waals surface area contributed by atoms with Crippen molar-refractivity contribution >= 4 is 17.8 Å². The number of carboxylic acid groups (broad SMARTS) is 1. The molecule has 6 heteroatoms. The molecule has 1 atom stereocenters. The molecule has 2 amide bonds. The molecule has 19 heavy (non-hydrogen) atoms. The van der Waals surface area contributed by atoms with Gasteiger partial charge >= 0.3 is 5.97 Å². The number of carbonyl (C=O) groups excluding carboxylic acids is 2. The Bertz CT molecular complexity index is 355. The number of likely N-dealkylation sites (tertiary alicyclic amines) is 1. The summed E-state index contributed by atoms with van der Waals surface area (Å²) in [6.45, 7) is 4.27. The summed E-state index contributed by atoms with van der Waals surface area (Å²) in [6, 6.07) is -0.588. The zero-order valence-electron chi connectivity index (χ0n) is 11.5. The lowest BCUT2D eigenvalue weighted by molar-refractivity contribution is -0.148. The third-order valence-electron chi connectivity index (χ3n) is 3.10. The smallest absolute Gasteiger partial charge is 0.326 e. The molecular weight excluding hydrogens is 248 g/mol. The first-order valence-electron chi connectivity index (χ1n) is 6.73. The van der Waals surface area contributed by atoms with Gasteiger partial charge in [0.2, 0.25) is 11.8 Å². The minimum absolute atomic E-state index is 0.0704. The Hall–Kier alpha value is -1.59. The molecule has 1 rings (SSSR count). The second-order valence-corrected chi connectivity index (χ2v) is 5.16. The Balaban J connectivity index is 2.31. The average Bonchev–Trinajstić information content (AvgIpc) is 2.76. The molecule has 2 N–H and O–H groups in total. The van der Waals surface area contributed by atoms with Crippen molar-refractivity contribution in [2.75, 3.05) is 6.54 Å². The van der Waals surface area contributed by atoms with Gasteiger partial charge in [-0.25, -0.2) is 4.79 Å². The second-order valence-electron chi connectivity index (χ2n) is 5.16. The van der Waals surface area contributed by atoms with Gasteiger partial charge in [0.15, 0.2) is 0 Å². The van der Waals surface area contributed by atoms with E-state index in [0.29, 0.717) is 25.8 Å². The van der Waals surface area contributed by atoms with Gasteiger partial charge in [0.05, 0.1) is 0 Å². The number of nitrogens with one attached hydrogen (secondary N) is 1. The zero-order chi connectivity index (χ0) is 14.4. The Kier molecular flexibility index (Phi) is 5.79. The van der Waals surface area contributed by atoms with Crippen molar-refractivity contribution < 1.29 is 19.5 Å². The van der Waals surface area contributed by atoms with Crippen LogP contribution in [0.3, 0.4) is 0 Å². The highest BCUT2D eigenvalue weighted by Gasteiger charge is 2.33. The summed E-state index contributed by atoms with van der Waals surface area (Å²) in [4.78, 5) is 35.7. The van der Waals surface area contributed by atoms with Crippen LogP contribution in [0, 0.1) is 0 Å². The van der Waals surface area contributed by atoms with Crippen LogP contribution >= 0.6 is 0 Å². The van der Waals surface area contributed by atoms with Gasteiger partial charge in [0.25, 0.3) is 0 Å². The predicted molar refractivity (Wildman–Crippen MR) is 69.5 cm³/mol. The maximum atomic E-state index is 11.9. The number of hydrogen-bond donors (Lipinski definition) is 2. The maximum Gasteiger partial charge on any atom is 0.326 e. The summed E-state index contributed by atoms with van der Waals surface area (Å²) in [5, 5.41) is 11.7. The van der Waals surface area contributed by atoms with Crippen LogP contribution in [0.4, 0.5) is 0 Å². The Morgan fingerprint density at radius 3 is 2.58 bits per heavy atom. The lowest BCUT2D eigenvalue weighted by atomic mass is 10.2. The first-order chi connectivity index (χ1) is 8.91. The fourth-order valence-corrected chi connectivity index (χ4v) is 2.26. The second kappa shape index (κ2) is 7.11. The van der Waals surface area contributed by atoms with Crippen molar-refractivity contribution in [2.24, 2.45) is 0 Å². The summed E-state index contributed by atoms with van der Waals surface area (Å²) >= 11 is 0. The average molecular weight is 270 g/mol. The van der Waals surface area contributed by atoms with Crippen LogP contribution in [0.1, 0.15) is 46.0 Å². The topological polar surface area (TPSA) is 86.7 Å². The molecule has 0 spiro atoms. The molecule has 1 aliphatic heterocycles. The van der Waals surface area contributed by atoms with Gasteiger partial charge in [-0.15, -0.1) is 0 Å². The van der Waals surface area contributed by atoms with E-state index in [9.17, 15) is 14.4 Å². The molecule has 1 unspecified atom stereocenters. The molecule has 108 valence electrons. The van der Waals surface area contributed by atoms with Crippen molar-refractivity contribution in [2.45, 2.75) is 58.0 Å². The SMILES string of the molecule is CC(C)NC(=O)CCCC(=O)N1CCCC1C(=O)O. The molecule has 0 aromatic heterocycles. The van der Waals surface area contributed by atoms with Crippen molar-refractivity contribution in [1.82, 2.24) is 10.2 Å². The summed E-state index contributed by atoms with van der Waals surface area (Å²) in [7, 11) is 0. The Morgan fingerprint density at radius 1 is 1.32 bits per heavy atom. The molecule has 6 nitrogen and oxygen atoms in total. The Morgan fingerprint density at radius 2 is 2.00 bits per heavy atom. The van der Waals surface area contributed by atoms with Crippen LogP contribution in [-0.2, 0) is 14.4 Å². The molecule has 0 bridgehead atoms. The van der Waals surface area contributed by atoms with E-state index in [0.717, 1.165) is 6.42 Å². The summed E-state index contributed by atoms with van der Waals surface area (Å²) in [6.07, 6.45) is 2.25. The van der Waals surface area contributed by atoms with E-state index in [2.05, 4.69) is 5.32 Å². The highest BCUT2D eigenvalue weighted by atomic mass is 16.4. The van der Waals surface area contributed by atoms with Crippen LogP contribution in [-0.4, -0.2) is 46.4 Å². The lowest BCUT2D eigenvalue weighted by Gasteiger charge is -2.21. The highest BCUT2D eigenvalue weighted by Crippen LogP contribution is 2.19. The van der Waals surface area contributed by atoms with Gasteiger partial charge in [0, 0.05) is 25.4 Å². The monoisotopic (exact) mass is 270 g/mol. The standard InChI is InChI=1S/C13H22N2O4/c1-9(2)14-11(16)6-3-7-12(17)15-8-4-5-10(15)13(18)19/h9-10H,3-8H2,1-2H3,(H,14,16)(H,18,19). The molecule has 0 radical (unpaired) electrons. The summed E-state index contributed by atoms with van der Waals surface area (Å²) in [5.41, 5.74) is 0. The van der Waals surface area contributed by atoms with Crippen molar-refractivity contribution in [3.8, 4) is 0 Å². The minimum Gasteiger partial charge on any atom is -0.480 e. The Labute approximate surface area is 113 Å². The number of carboxylic acids is 1. The van der Waals surface area contributed by atoms with E-state index in [1.165, 1.54) is 4.90 Å². The van der Waals surface area contributed by atoms with Gasteiger partial charge in [-0.2, -0.15) is 0 Å². The predicted octanol–water partition coefficient (Wildman–Crippen LogP) is 0.757. The van der Waals surface area contributed by atoms with E-state index in [4.69, 9.17) is 5.11 Å². The van der Waals surface area contributed by atoms with Gasteiger partial charge < -0.3 is 15.3 Å². The fraction of sp³-hybridized carbons (Fsp3) is 0.769. The van der Waals surface area contributed by atoms with Gasteiger partial charge in [0.1, 0.15) is 6.04 Å². The number of nitrogens with zero attached hydrogens (tertiary/aromatic N) is 1. The van der Waals surface area contributed by atoms with Gasteiger partial charge in [-0.05, 0) is 33.1 Å². The van der Waals surface area contributed by atoms with E-state index >= 15 is 0 Å². The molecule has 0 aromatic carbocycles. The maximum absolute atomic E-state index is 11.9. The van der Waals surface area contributed by atoms with Crippen LogP contribution in [0.25, 0.3) is 0 Å². The number of hydrogen-bond acceptors (Lipinski definition) is 3. The van der Waals surface area contributed by atoms with E-state index in [1.54, 1.807) is 0 Å². The largest absolute Gasteiger partial charge is 0.480 e. The number of aliphatic carboxylic acids is 1. The first-order valence-corrected chi connectivity index (χ1v) is 6.73.